The topological polar surface area (TPSA) is 88.7 Å². The number of carbonyl (C=O) groups is 1. The number of benzene rings is 2. The average Bonchev–Trinajstić information content (AvgIpc) is 3.13. The fourth-order valence-electron chi connectivity index (χ4n) is 2.99. The molecule has 4 N–H and O–H groups in total. The molecule has 144 valence electrons. The van der Waals surface area contributed by atoms with Crippen molar-refractivity contribution in [1.82, 2.24) is 5.32 Å². The standard InChI is InChI=1S/C20H24N4O2.HI/c1-26-18-9-5-14(6-10-18)12-22-19(25)13-23-20(21)24-17-8-7-15-3-2-4-16(15)11-17;/h5-11H,2-4,12-13H2,1H3,(H,22,25)(H3,21,23,24);1H. The first-order valence-electron chi connectivity index (χ1n) is 8.72. The number of halogens is 1. The molecule has 2 aromatic rings. The molecule has 0 spiro atoms. The van der Waals surface area contributed by atoms with Gasteiger partial charge in [0.1, 0.15) is 12.3 Å². The average molecular weight is 480 g/mol. The third-order valence-electron chi connectivity index (χ3n) is 4.41. The molecule has 3 rings (SSSR count). The summed E-state index contributed by atoms with van der Waals surface area (Å²) in [5.74, 6) is 0.845. The van der Waals surface area contributed by atoms with Crippen LogP contribution >= 0.6 is 24.0 Å². The lowest BCUT2D eigenvalue weighted by Gasteiger charge is -2.08. The number of aryl methyl sites for hydroxylation is 2. The number of nitrogens with zero attached hydrogens (tertiary/aromatic N) is 1. The highest BCUT2D eigenvalue weighted by atomic mass is 127. The van der Waals surface area contributed by atoms with Crippen molar-refractivity contribution in [3.8, 4) is 5.75 Å². The smallest absolute Gasteiger partial charge is 0.242 e. The maximum absolute atomic E-state index is 11.9. The van der Waals surface area contributed by atoms with Gasteiger partial charge < -0.3 is 21.1 Å². The van der Waals surface area contributed by atoms with Gasteiger partial charge in [0.25, 0.3) is 0 Å². The second kappa shape index (κ2) is 10.1. The number of nitrogens with two attached hydrogens (primary N) is 1. The van der Waals surface area contributed by atoms with Crippen LogP contribution < -0.4 is 21.1 Å². The molecule has 0 aromatic heterocycles. The number of rotatable bonds is 6. The minimum Gasteiger partial charge on any atom is -0.497 e. The zero-order chi connectivity index (χ0) is 18.4. The van der Waals surface area contributed by atoms with Gasteiger partial charge in [-0.15, -0.1) is 24.0 Å². The number of hydrogen-bond acceptors (Lipinski definition) is 3. The molecular weight excluding hydrogens is 455 g/mol. The molecular formula is C20H25IN4O2. The Morgan fingerprint density at radius 1 is 1.15 bits per heavy atom. The van der Waals surface area contributed by atoms with Gasteiger partial charge in [-0.05, 0) is 60.2 Å². The summed E-state index contributed by atoms with van der Waals surface area (Å²) in [6.07, 6.45) is 3.46. The Kier molecular flexibility index (Phi) is 7.90. The number of methoxy groups -OCH3 is 1. The number of hydrogen-bond donors (Lipinski definition) is 3. The fraction of sp³-hybridized carbons (Fsp3) is 0.300. The minimum absolute atomic E-state index is 0. The van der Waals surface area contributed by atoms with Gasteiger partial charge in [-0.1, -0.05) is 18.2 Å². The Labute approximate surface area is 176 Å². The molecule has 1 amide bonds. The van der Waals surface area contributed by atoms with Crippen LogP contribution in [-0.2, 0) is 24.2 Å². The summed E-state index contributed by atoms with van der Waals surface area (Å²) >= 11 is 0. The van der Waals surface area contributed by atoms with E-state index in [0.29, 0.717) is 6.54 Å². The molecule has 7 heteroatoms. The predicted molar refractivity (Wildman–Crippen MR) is 119 cm³/mol. The van der Waals surface area contributed by atoms with Crippen molar-refractivity contribution in [3.05, 3.63) is 59.2 Å². The van der Waals surface area contributed by atoms with Gasteiger partial charge in [0.15, 0.2) is 5.96 Å². The lowest BCUT2D eigenvalue weighted by atomic mass is 10.1. The molecule has 0 fully saturated rings. The maximum atomic E-state index is 11.9. The Morgan fingerprint density at radius 2 is 1.89 bits per heavy atom. The predicted octanol–water partition coefficient (Wildman–Crippen LogP) is 2.84. The summed E-state index contributed by atoms with van der Waals surface area (Å²) < 4.78 is 5.11. The zero-order valence-corrected chi connectivity index (χ0v) is 17.7. The molecule has 0 saturated carbocycles. The Hall–Kier alpha value is -2.29. The van der Waals surface area contributed by atoms with E-state index in [9.17, 15) is 4.79 Å². The molecule has 0 aliphatic heterocycles. The van der Waals surface area contributed by atoms with Gasteiger partial charge >= 0.3 is 0 Å². The molecule has 2 aromatic carbocycles. The third-order valence-corrected chi connectivity index (χ3v) is 4.41. The van der Waals surface area contributed by atoms with Crippen molar-refractivity contribution >= 4 is 41.5 Å². The number of anilines is 1. The first-order chi connectivity index (χ1) is 12.6. The Morgan fingerprint density at radius 3 is 2.63 bits per heavy atom. The Balaban J connectivity index is 0.00000261. The van der Waals surface area contributed by atoms with Crippen LogP contribution in [-0.4, -0.2) is 25.5 Å². The summed E-state index contributed by atoms with van der Waals surface area (Å²) in [5, 5.41) is 5.87. The number of fused-ring (bicyclic) bond motifs is 1. The maximum Gasteiger partial charge on any atom is 0.242 e. The normalized spacial score (nSPS) is 12.7. The molecule has 0 atom stereocenters. The first kappa shape index (κ1) is 21.0. The fourth-order valence-corrected chi connectivity index (χ4v) is 2.99. The van der Waals surface area contributed by atoms with Crippen molar-refractivity contribution in [2.75, 3.05) is 19.0 Å². The van der Waals surface area contributed by atoms with E-state index < -0.39 is 0 Å². The summed E-state index contributed by atoms with van der Waals surface area (Å²) in [7, 11) is 1.62. The van der Waals surface area contributed by atoms with Crippen LogP contribution in [0.1, 0.15) is 23.1 Å². The summed E-state index contributed by atoms with van der Waals surface area (Å²) in [4.78, 5) is 16.0. The second-order valence-corrected chi connectivity index (χ2v) is 6.29. The van der Waals surface area contributed by atoms with Crippen LogP contribution in [0, 0.1) is 0 Å². The molecule has 0 bridgehead atoms. The largest absolute Gasteiger partial charge is 0.497 e. The van der Waals surface area contributed by atoms with Crippen molar-refractivity contribution in [1.29, 1.82) is 0 Å². The highest BCUT2D eigenvalue weighted by molar-refractivity contribution is 14.0. The van der Waals surface area contributed by atoms with Crippen LogP contribution in [0.15, 0.2) is 47.5 Å². The van der Waals surface area contributed by atoms with E-state index in [1.165, 1.54) is 17.5 Å². The monoisotopic (exact) mass is 480 g/mol. The molecule has 0 unspecified atom stereocenters. The molecule has 0 radical (unpaired) electrons. The number of guanidine groups is 1. The first-order valence-corrected chi connectivity index (χ1v) is 8.72. The van der Waals surface area contributed by atoms with Crippen molar-refractivity contribution in [2.45, 2.75) is 25.8 Å². The third kappa shape index (κ3) is 6.13. The van der Waals surface area contributed by atoms with E-state index in [4.69, 9.17) is 10.5 Å². The highest BCUT2D eigenvalue weighted by Crippen LogP contribution is 2.24. The van der Waals surface area contributed by atoms with Crippen LogP contribution in [0.25, 0.3) is 0 Å². The van der Waals surface area contributed by atoms with Crippen LogP contribution in [0.3, 0.4) is 0 Å². The van der Waals surface area contributed by atoms with E-state index in [2.05, 4.69) is 27.8 Å². The molecule has 1 aliphatic carbocycles. The van der Waals surface area contributed by atoms with Crippen LogP contribution in [0.2, 0.25) is 0 Å². The highest BCUT2D eigenvalue weighted by Gasteiger charge is 2.11. The number of aliphatic imine (C=N–C) groups is 1. The van der Waals surface area contributed by atoms with E-state index >= 15 is 0 Å². The van der Waals surface area contributed by atoms with Crippen molar-refractivity contribution < 1.29 is 9.53 Å². The zero-order valence-electron chi connectivity index (χ0n) is 15.3. The van der Waals surface area contributed by atoms with Gasteiger partial charge in [-0.3, -0.25) is 4.79 Å². The summed E-state index contributed by atoms with van der Waals surface area (Å²) in [6.45, 7) is 0.427. The van der Waals surface area contributed by atoms with Gasteiger partial charge in [0.05, 0.1) is 7.11 Å². The van der Waals surface area contributed by atoms with Gasteiger partial charge in [-0.25, -0.2) is 4.99 Å². The lowest BCUT2D eigenvalue weighted by Crippen LogP contribution is -2.28. The molecule has 1 aliphatic rings. The molecule has 27 heavy (non-hydrogen) atoms. The van der Waals surface area contributed by atoms with Crippen LogP contribution in [0.4, 0.5) is 5.69 Å². The molecule has 0 saturated heterocycles. The van der Waals surface area contributed by atoms with E-state index in [1.807, 2.05) is 30.3 Å². The number of carbonyl (C=O) groups excluding carboxylic acids is 1. The number of nitrogens with one attached hydrogen (secondary N) is 2. The SMILES string of the molecule is COc1ccc(CNC(=O)CN=C(N)Nc2ccc3c(c2)CCC3)cc1.I. The summed E-state index contributed by atoms with van der Waals surface area (Å²) in [5.41, 5.74) is 10.6. The number of ether oxygens (including phenoxy) is 1. The van der Waals surface area contributed by atoms with Crippen molar-refractivity contribution in [2.24, 2.45) is 10.7 Å². The Bertz CT molecular complexity index is 806. The molecule has 0 heterocycles. The van der Waals surface area contributed by atoms with Gasteiger partial charge in [0, 0.05) is 12.2 Å². The van der Waals surface area contributed by atoms with E-state index in [-0.39, 0.29) is 42.4 Å². The van der Waals surface area contributed by atoms with E-state index in [0.717, 1.165) is 29.8 Å². The molecule has 6 nitrogen and oxygen atoms in total. The van der Waals surface area contributed by atoms with Gasteiger partial charge in [-0.2, -0.15) is 0 Å². The second-order valence-electron chi connectivity index (χ2n) is 6.29. The number of amides is 1. The quantitative estimate of drug-likeness (QED) is 0.337. The van der Waals surface area contributed by atoms with E-state index in [1.54, 1.807) is 7.11 Å². The lowest BCUT2D eigenvalue weighted by molar-refractivity contribution is -0.119. The van der Waals surface area contributed by atoms with Crippen LogP contribution in [0.5, 0.6) is 5.75 Å². The van der Waals surface area contributed by atoms with Crippen molar-refractivity contribution in [3.63, 3.8) is 0 Å². The van der Waals surface area contributed by atoms with Gasteiger partial charge in [0.2, 0.25) is 5.91 Å². The summed E-state index contributed by atoms with van der Waals surface area (Å²) in [6, 6.07) is 13.8. The minimum atomic E-state index is -0.181.